The summed E-state index contributed by atoms with van der Waals surface area (Å²) < 4.78 is 33.3. The van der Waals surface area contributed by atoms with E-state index in [1.807, 2.05) is 32.0 Å². The van der Waals surface area contributed by atoms with E-state index in [1.165, 1.54) is 19.1 Å². The van der Waals surface area contributed by atoms with Crippen molar-refractivity contribution in [1.82, 2.24) is 0 Å². The maximum absolute atomic E-state index is 12.8. The number of benzene rings is 3. The van der Waals surface area contributed by atoms with Crippen molar-refractivity contribution in [1.29, 1.82) is 0 Å². The highest BCUT2D eigenvalue weighted by atomic mass is 35.5. The first kappa shape index (κ1) is 25.3. The molecule has 0 aliphatic rings. The normalized spacial score (nSPS) is 12.0. The summed E-state index contributed by atoms with van der Waals surface area (Å²) in [4.78, 5) is 25.0. The minimum absolute atomic E-state index is 0.00210. The van der Waals surface area contributed by atoms with Crippen molar-refractivity contribution in [3.05, 3.63) is 88.4 Å². The Labute approximate surface area is 204 Å². The number of hydrogen-bond donors (Lipinski definition) is 2. The topological polar surface area (TPSA) is 102 Å². The first-order valence-corrected chi connectivity index (χ1v) is 12.4. The molecular weight excluding hydrogens is 476 g/mol. The number of anilines is 2. The second-order valence-electron chi connectivity index (χ2n) is 7.70. The zero-order valence-electron chi connectivity index (χ0n) is 19.0. The molecule has 0 aromatic heterocycles. The summed E-state index contributed by atoms with van der Waals surface area (Å²) in [6.45, 7) is 5.28. The molecular formula is C25H25ClN2O5S. The van der Waals surface area contributed by atoms with Crippen LogP contribution in [0, 0.1) is 6.92 Å². The van der Waals surface area contributed by atoms with Crippen molar-refractivity contribution in [2.24, 2.45) is 0 Å². The van der Waals surface area contributed by atoms with Crippen molar-refractivity contribution < 1.29 is 22.7 Å². The quantitative estimate of drug-likeness (QED) is 0.414. The molecule has 178 valence electrons. The summed E-state index contributed by atoms with van der Waals surface area (Å²) in [5.74, 6) is -1.44. The van der Waals surface area contributed by atoms with Crippen LogP contribution in [-0.2, 0) is 26.0 Å². The van der Waals surface area contributed by atoms with Gasteiger partial charge in [-0.3, -0.25) is 9.52 Å². The number of aryl methyl sites for hydroxylation is 2. The van der Waals surface area contributed by atoms with Crippen LogP contribution in [0.2, 0.25) is 5.02 Å². The van der Waals surface area contributed by atoms with Crippen LogP contribution in [0.15, 0.2) is 71.6 Å². The number of rotatable bonds is 8. The number of esters is 1. The van der Waals surface area contributed by atoms with E-state index in [-0.39, 0.29) is 15.5 Å². The van der Waals surface area contributed by atoms with Crippen LogP contribution in [0.1, 0.15) is 35.3 Å². The number of nitrogens with one attached hydrogen (secondary N) is 2. The van der Waals surface area contributed by atoms with Gasteiger partial charge in [-0.15, -0.1) is 0 Å². The number of ether oxygens (including phenoxy) is 1. The summed E-state index contributed by atoms with van der Waals surface area (Å²) in [7, 11) is -3.99. The second-order valence-corrected chi connectivity index (χ2v) is 9.79. The smallest absolute Gasteiger partial charge is 0.340 e. The summed E-state index contributed by atoms with van der Waals surface area (Å²) in [5.41, 5.74) is 2.79. The molecule has 9 heteroatoms. The van der Waals surface area contributed by atoms with E-state index >= 15 is 0 Å². The maximum Gasteiger partial charge on any atom is 0.340 e. The molecule has 1 amide bonds. The lowest BCUT2D eigenvalue weighted by molar-refractivity contribution is -0.123. The van der Waals surface area contributed by atoms with Gasteiger partial charge in [-0.05, 0) is 73.9 Å². The Hall–Kier alpha value is -3.36. The molecule has 34 heavy (non-hydrogen) atoms. The molecule has 0 saturated carbocycles. The number of hydrogen-bond acceptors (Lipinski definition) is 5. The predicted molar refractivity (Wildman–Crippen MR) is 133 cm³/mol. The SMILES string of the molecule is CCc1ccc(NC(=O)[C@@H](C)OC(=O)c2cc(S(=O)(=O)Nc3cccc(C)c3)ccc2Cl)cc1. The molecule has 0 radical (unpaired) electrons. The molecule has 0 heterocycles. The Morgan fingerprint density at radius 3 is 2.35 bits per heavy atom. The summed E-state index contributed by atoms with van der Waals surface area (Å²) in [6.07, 6.45) is -0.265. The molecule has 0 saturated heterocycles. The fourth-order valence-corrected chi connectivity index (χ4v) is 4.37. The van der Waals surface area contributed by atoms with Crippen LogP contribution < -0.4 is 10.0 Å². The van der Waals surface area contributed by atoms with Gasteiger partial charge in [-0.1, -0.05) is 42.8 Å². The van der Waals surface area contributed by atoms with Gasteiger partial charge >= 0.3 is 5.97 Å². The van der Waals surface area contributed by atoms with Crippen molar-refractivity contribution in [3.8, 4) is 0 Å². The van der Waals surface area contributed by atoms with Crippen LogP contribution in [-0.4, -0.2) is 26.4 Å². The highest BCUT2D eigenvalue weighted by molar-refractivity contribution is 7.92. The predicted octanol–water partition coefficient (Wildman–Crippen LogP) is 5.20. The van der Waals surface area contributed by atoms with Gasteiger partial charge in [-0.25, -0.2) is 13.2 Å². The maximum atomic E-state index is 12.8. The van der Waals surface area contributed by atoms with Crippen molar-refractivity contribution in [3.63, 3.8) is 0 Å². The average Bonchev–Trinajstić information content (AvgIpc) is 2.79. The molecule has 0 aliphatic carbocycles. The molecule has 0 unspecified atom stereocenters. The van der Waals surface area contributed by atoms with Gasteiger partial charge < -0.3 is 10.1 Å². The number of amides is 1. The highest BCUT2D eigenvalue weighted by Crippen LogP contribution is 2.24. The molecule has 7 nitrogen and oxygen atoms in total. The van der Waals surface area contributed by atoms with E-state index in [1.54, 1.807) is 30.3 Å². The molecule has 1 atom stereocenters. The Morgan fingerprint density at radius 2 is 1.71 bits per heavy atom. The van der Waals surface area contributed by atoms with Crippen LogP contribution >= 0.6 is 11.6 Å². The standard InChI is InChI=1S/C25H25ClN2O5S/c1-4-18-8-10-19(11-9-18)27-24(29)17(3)33-25(30)22-15-21(12-13-23(22)26)34(31,32)28-20-7-5-6-16(2)14-20/h5-15,17,28H,4H2,1-3H3,(H,27,29)/t17-/m1/s1. The molecule has 2 N–H and O–H groups in total. The lowest BCUT2D eigenvalue weighted by atomic mass is 10.1. The largest absolute Gasteiger partial charge is 0.449 e. The number of carbonyl (C=O) groups excluding carboxylic acids is 2. The summed E-state index contributed by atoms with van der Waals surface area (Å²) >= 11 is 6.13. The fraction of sp³-hybridized carbons (Fsp3) is 0.200. The molecule has 0 spiro atoms. The van der Waals surface area contributed by atoms with Gasteiger partial charge in [0.15, 0.2) is 6.10 Å². The third kappa shape index (κ3) is 6.36. The lowest BCUT2D eigenvalue weighted by Gasteiger charge is -2.15. The number of sulfonamides is 1. The third-order valence-electron chi connectivity index (χ3n) is 5.02. The molecule has 0 bridgehead atoms. The zero-order valence-corrected chi connectivity index (χ0v) is 20.5. The minimum atomic E-state index is -3.99. The summed E-state index contributed by atoms with van der Waals surface area (Å²) in [6, 6.07) is 17.9. The Balaban J connectivity index is 1.72. The van der Waals surface area contributed by atoms with Crippen LogP contribution in [0.25, 0.3) is 0 Å². The average molecular weight is 501 g/mol. The van der Waals surface area contributed by atoms with Gasteiger partial charge in [-0.2, -0.15) is 0 Å². The highest BCUT2D eigenvalue weighted by Gasteiger charge is 2.23. The van der Waals surface area contributed by atoms with Gasteiger partial charge in [0.05, 0.1) is 15.5 Å². The molecule has 0 aliphatic heterocycles. The van der Waals surface area contributed by atoms with E-state index in [0.717, 1.165) is 23.6 Å². The van der Waals surface area contributed by atoms with E-state index < -0.39 is 28.0 Å². The van der Waals surface area contributed by atoms with Crippen molar-refractivity contribution >= 4 is 44.9 Å². The van der Waals surface area contributed by atoms with E-state index in [2.05, 4.69) is 10.0 Å². The Bertz CT molecular complexity index is 1310. The lowest BCUT2D eigenvalue weighted by Crippen LogP contribution is -2.30. The van der Waals surface area contributed by atoms with E-state index in [9.17, 15) is 18.0 Å². The van der Waals surface area contributed by atoms with Gasteiger partial charge in [0, 0.05) is 11.4 Å². The first-order chi connectivity index (χ1) is 16.1. The van der Waals surface area contributed by atoms with Gasteiger partial charge in [0.1, 0.15) is 0 Å². The minimum Gasteiger partial charge on any atom is -0.449 e. The van der Waals surface area contributed by atoms with Crippen molar-refractivity contribution in [2.75, 3.05) is 10.0 Å². The van der Waals surface area contributed by atoms with E-state index in [4.69, 9.17) is 16.3 Å². The van der Waals surface area contributed by atoms with Crippen LogP contribution in [0.5, 0.6) is 0 Å². The molecule has 3 rings (SSSR count). The van der Waals surface area contributed by atoms with Crippen LogP contribution in [0.4, 0.5) is 11.4 Å². The number of halogens is 1. The summed E-state index contributed by atoms with van der Waals surface area (Å²) in [5, 5.41) is 2.68. The molecule has 3 aromatic rings. The van der Waals surface area contributed by atoms with E-state index in [0.29, 0.717) is 11.4 Å². The number of carbonyl (C=O) groups is 2. The first-order valence-electron chi connectivity index (χ1n) is 10.6. The second kappa shape index (κ2) is 10.7. The monoisotopic (exact) mass is 500 g/mol. The van der Waals surface area contributed by atoms with Crippen LogP contribution in [0.3, 0.4) is 0 Å². The van der Waals surface area contributed by atoms with Gasteiger partial charge in [0.2, 0.25) is 0 Å². The third-order valence-corrected chi connectivity index (χ3v) is 6.73. The fourth-order valence-electron chi connectivity index (χ4n) is 3.10. The van der Waals surface area contributed by atoms with Gasteiger partial charge in [0.25, 0.3) is 15.9 Å². The molecule has 3 aromatic carbocycles. The Morgan fingerprint density at radius 1 is 1.00 bits per heavy atom. The Kier molecular flexibility index (Phi) is 7.96. The zero-order chi connectivity index (χ0) is 24.9. The molecule has 0 fully saturated rings. The van der Waals surface area contributed by atoms with Crippen molar-refractivity contribution in [2.45, 2.75) is 38.2 Å².